The highest BCUT2D eigenvalue weighted by molar-refractivity contribution is 5.92. The number of nitrogens with one attached hydrogen (secondary N) is 1. The number of alkyl halides is 3. The van der Waals surface area contributed by atoms with Gasteiger partial charge < -0.3 is 14.4 Å². The second-order valence-electron chi connectivity index (χ2n) is 6.24. The minimum Gasteiger partial charge on any atom is -0.337 e. The lowest BCUT2D eigenvalue weighted by atomic mass is 10.3. The van der Waals surface area contributed by atoms with Crippen LogP contribution in [-0.4, -0.2) is 48.8 Å². The van der Waals surface area contributed by atoms with Crippen molar-refractivity contribution in [3.8, 4) is 11.4 Å². The van der Waals surface area contributed by atoms with E-state index in [2.05, 4.69) is 24.7 Å². The van der Waals surface area contributed by atoms with E-state index in [1.165, 1.54) is 12.3 Å². The van der Waals surface area contributed by atoms with Gasteiger partial charge in [-0.3, -0.25) is 14.3 Å². The smallest absolute Gasteiger partial charge is 0.337 e. The normalized spacial score (nSPS) is 13.9. The number of hydrogen-bond acceptors (Lipinski definition) is 6. The van der Waals surface area contributed by atoms with Crippen LogP contribution in [0.4, 0.5) is 13.2 Å². The molecule has 0 radical (unpaired) electrons. The Labute approximate surface area is 162 Å². The minimum atomic E-state index is -4.67. The van der Waals surface area contributed by atoms with E-state index in [1.807, 2.05) is 11.9 Å². The summed E-state index contributed by atoms with van der Waals surface area (Å²) in [6.45, 7) is 1.77. The molecule has 3 aromatic heterocycles. The Morgan fingerprint density at radius 2 is 1.93 bits per heavy atom. The molecule has 4 heterocycles. The Hall–Kier alpha value is -3.44. The van der Waals surface area contributed by atoms with Gasteiger partial charge in [0.25, 0.3) is 5.91 Å². The van der Waals surface area contributed by atoms with Crippen LogP contribution in [0.2, 0.25) is 0 Å². The van der Waals surface area contributed by atoms with Gasteiger partial charge in [-0.2, -0.15) is 23.3 Å². The summed E-state index contributed by atoms with van der Waals surface area (Å²) in [4.78, 5) is 29.7. The Kier molecular flexibility index (Phi) is 5.80. The molecule has 1 fully saturated rings. The van der Waals surface area contributed by atoms with E-state index in [0.29, 0.717) is 5.69 Å². The van der Waals surface area contributed by atoms with Crippen LogP contribution < -0.4 is 5.56 Å². The second kappa shape index (κ2) is 8.29. The average Bonchev–Trinajstić information content (AvgIpc) is 3.43. The van der Waals surface area contributed by atoms with Crippen molar-refractivity contribution >= 4 is 5.91 Å². The van der Waals surface area contributed by atoms with Crippen molar-refractivity contribution in [2.24, 2.45) is 7.05 Å². The summed E-state index contributed by atoms with van der Waals surface area (Å²) in [5, 5.41) is 7.24. The predicted octanol–water partition coefficient (Wildman–Crippen LogP) is 2.10. The van der Waals surface area contributed by atoms with Crippen molar-refractivity contribution < 1.29 is 22.5 Å². The second-order valence-corrected chi connectivity index (χ2v) is 6.24. The zero-order valence-corrected chi connectivity index (χ0v) is 15.3. The number of aromatic nitrogens is 5. The maximum absolute atomic E-state index is 12.1. The number of halogens is 3. The number of amides is 1. The summed E-state index contributed by atoms with van der Waals surface area (Å²) >= 11 is 0. The third kappa shape index (κ3) is 5.09. The van der Waals surface area contributed by atoms with Crippen LogP contribution >= 0.6 is 0 Å². The third-order valence-electron chi connectivity index (χ3n) is 4.04. The molecule has 0 bridgehead atoms. The first-order valence-electron chi connectivity index (χ1n) is 8.63. The molecule has 1 N–H and O–H groups in total. The first-order valence-corrected chi connectivity index (χ1v) is 8.63. The molecule has 1 amide bonds. The predicted molar refractivity (Wildman–Crippen MR) is 93.7 cm³/mol. The molecular weight excluding hydrogens is 393 g/mol. The molecule has 1 aliphatic rings. The lowest BCUT2D eigenvalue weighted by Crippen LogP contribution is -2.28. The minimum absolute atomic E-state index is 0.0677. The number of aromatic amines is 1. The number of carbonyl (C=O) groups is 1. The molecule has 1 saturated heterocycles. The largest absolute Gasteiger partial charge is 0.471 e. The van der Waals surface area contributed by atoms with E-state index in [9.17, 15) is 22.8 Å². The molecule has 0 atom stereocenters. The molecule has 4 rings (SSSR count). The molecule has 3 aromatic rings. The van der Waals surface area contributed by atoms with Gasteiger partial charge in [-0.05, 0) is 25.0 Å². The van der Waals surface area contributed by atoms with Gasteiger partial charge in [0, 0.05) is 44.2 Å². The summed E-state index contributed by atoms with van der Waals surface area (Å²) in [5.74, 6) is -1.59. The highest BCUT2D eigenvalue weighted by atomic mass is 19.4. The van der Waals surface area contributed by atoms with Gasteiger partial charge in [-0.1, -0.05) is 5.16 Å². The molecular formula is C17H17F3N6O3. The number of aryl methyl sites for hydroxylation is 1. The number of pyridine rings is 1. The van der Waals surface area contributed by atoms with Crippen LogP contribution in [0.15, 0.2) is 39.9 Å². The molecule has 12 heteroatoms. The van der Waals surface area contributed by atoms with E-state index in [1.54, 1.807) is 16.9 Å². The number of likely N-dealkylation sites (tertiary alicyclic amines) is 1. The standard InChI is InChI=1S/C9H13N3O.C8H4F3N3O2/c1-11-7-4-8(10-11)9(13)12-5-2-3-6-12;9-8(10,11)7-13-6(14-16-7)4-1-2-5(15)12-3-4/h4,7H,2-3,5-6H2,1H3;1-3H,(H,12,15). The molecule has 1 aliphatic heterocycles. The molecule has 9 nitrogen and oxygen atoms in total. The van der Waals surface area contributed by atoms with Crippen molar-refractivity contribution in [1.82, 2.24) is 29.8 Å². The summed E-state index contributed by atoms with van der Waals surface area (Å²) in [6, 6.07) is 4.21. The highest BCUT2D eigenvalue weighted by Gasteiger charge is 2.38. The molecule has 0 spiro atoms. The van der Waals surface area contributed by atoms with Crippen LogP contribution in [0.25, 0.3) is 11.4 Å². The maximum Gasteiger partial charge on any atom is 0.471 e. The average molecular weight is 410 g/mol. The van der Waals surface area contributed by atoms with Crippen LogP contribution in [-0.2, 0) is 13.2 Å². The number of H-pyrrole nitrogens is 1. The van der Waals surface area contributed by atoms with E-state index < -0.39 is 12.1 Å². The number of carbonyl (C=O) groups excluding carboxylic acids is 1. The van der Waals surface area contributed by atoms with Crippen LogP contribution in [0.3, 0.4) is 0 Å². The molecule has 29 heavy (non-hydrogen) atoms. The van der Waals surface area contributed by atoms with Gasteiger partial charge in [0.15, 0.2) is 0 Å². The van der Waals surface area contributed by atoms with Crippen molar-refractivity contribution in [1.29, 1.82) is 0 Å². The van der Waals surface area contributed by atoms with Crippen molar-refractivity contribution in [2.75, 3.05) is 13.1 Å². The van der Waals surface area contributed by atoms with Crippen LogP contribution in [0, 0.1) is 0 Å². The molecule has 0 unspecified atom stereocenters. The van der Waals surface area contributed by atoms with Crippen molar-refractivity contribution in [3.05, 3.63) is 52.5 Å². The van der Waals surface area contributed by atoms with Gasteiger partial charge >= 0.3 is 12.1 Å². The van der Waals surface area contributed by atoms with E-state index in [-0.39, 0.29) is 22.9 Å². The Morgan fingerprint density at radius 1 is 1.21 bits per heavy atom. The molecule has 0 aromatic carbocycles. The third-order valence-corrected chi connectivity index (χ3v) is 4.04. The van der Waals surface area contributed by atoms with E-state index in [4.69, 9.17) is 0 Å². The lowest BCUT2D eigenvalue weighted by Gasteiger charge is -2.12. The maximum atomic E-state index is 12.1. The fourth-order valence-electron chi connectivity index (χ4n) is 2.62. The topological polar surface area (TPSA) is 110 Å². The Balaban J connectivity index is 0.000000169. The number of nitrogens with zero attached hydrogens (tertiary/aromatic N) is 5. The van der Waals surface area contributed by atoms with Gasteiger partial charge in [-0.25, -0.2) is 0 Å². The Bertz CT molecular complexity index is 1010. The van der Waals surface area contributed by atoms with Gasteiger partial charge in [0.2, 0.25) is 11.4 Å². The summed E-state index contributed by atoms with van der Waals surface area (Å²) < 4.78 is 42.1. The van der Waals surface area contributed by atoms with E-state index in [0.717, 1.165) is 32.0 Å². The first kappa shape index (κ1) is 20.3. The monoisotopic (exact) mass is 410 g/mol. The van der Waals surface area contributed by atoms with E-state index >= 15 is 0 Å². The fourth-order valence-corrected chi connectivity index (χ4v) is 2.62. The van der Waals surface area contributed by atoms with Crippen LogP contribution in [0.5, 0.6) is 0 Å². The zero-order chi connectivity index (χ0) is 21.0. The summed E-state index contributed by atoms with van der Waals surface area (Å²) in [6.07, 6.45) is 0.571. The molecule has 0 aliphatic carbocycles. The number of rotatable bonds is 2. The zero-order valence-electron chi connectivity index (χ0n) is 15.3. The SMILES string of the molecule is Cn1ccc(C(=O)N2CCCC2)n1.O=c1ccc(-c2noc(C(F)(F)F)n2)c[nH]1. The van der Waals surface area contributed by atoms with Crippen molar-refractivity contribution in [3.63, 3.8) is 0 Å². The Morgan fingerprint density at radius 3 is 2.45 bits per heavy atom. The summed E-state index contributed by atoms with van der Waals surface area (Å²) in [7, 11) is 1.82. The highest BCUT2D eigenvalue weighted by Crippen LogP contribution is 2.28. The van der Waals surface area contributed by atoms with Gasteiger partial charge in [0.1, 0.15) is 5.69 Å². The number of hydrogen-bond donors (Lipinski definition) is 1. The van der Waals surface area contributed by atoms with Gasteiger partial charge in [0.05, 0.1) is 0 Å². The van der Waals surface area contributed by atoms with Gasteiger partial charge in [-0.15, -0.1) is 0 Å². The fraction of sp³-hybridized carbons (Fsp3) is 0.353. The van der Waals surface area contributed by atoms with Crippen LogP contribution in [0.1, 0.15) is 29.2 Å². The summed E-state index contributed by atoms with van der Waals surface area (Å²) in [5.41, 5.74) is 0.423. The molecule has 154 valence electrons. The molecule has 0 saturated carbocycles. The van der Waals surface area contributed by atoms with Crippen molar-refractivity contribution in [2.45, 2.75) is 19.0 Å². The quantitative estimate of drug-likeness (QED) is 0.693. The first-order chi connectivity index (χ1) is 13.7. The lowest BCUT2D eigenvalue weighted by molar-refractivity contribution is -0.159.